The molecule has 2 rings (SSSR count). The van der Waals surface area contributed by atoms with E-state index in [1.54, 1.807) is 31.4 Å². The molecule has 0 atom stereocenters. The van der Waals surface area contributed by atoms with E-state index in [0.717, 1.165) is 5.56 Å². The summed E-state index contributed by atoms with van der Waals surface area (Å²) in [5.41, 5.74) is 1.52. The van der Waals surface area contributed by atoms with E-state index in [4.69, 9.17) is 4.74 Å². The fourth-order valence-corrected chi connectivity index (χ4v) is 2.34. The molecule has 0 aliphatic carbocycles. The van der Waals surface area contributed by atoms with Gasteiger partial charge in [0.25, 0.3) is 5.91 Å². The van der Waals surface area contributed by atoms with Crippen LogP contribution in [0, 0.1) is 0 Å². The molecule has 7 heteroatoms. The molecule has 0 bridgehead atoms. The number of carbonyl (C=O) groups is 3. The number of benzene rings is 2. The van der Waals surface area contributed by atoms with E-state index >= 15 is 0 Å². The molecule has 142 valence electrons. The van der Waals surface area contributed by atoms with Crippen molar-refractivity contribution in [1.29, 1.82) is 0 Å². The molecular formula is C20H23N3O4. The Morgan fingerprint density at radius 1 is 0.889 bits per heavy atom. The summed E-state index contributed by atoms with van der Waals surface area (Å²) in [6.45, 7) is 1.19. The van der Waals surface area contributed by atoms with Crippen molar-refractivity contribution in [2.75, 3.05) is 25.6 Å². The summed E-state index contributed by atoms with van der Waals surface area (Å²) in [5, 5.41) is 7.79. The van der Waals surface area contributed by atoms with Crippen LogP contribution in [-0.4, -0.2) is 38.0 Å². The molecule has 0 unspecified atom stereocenters. The van der Waals surface area contributed by atoms with Gasteiger partial charge in [-0.1, -0.05) is 42.5 Å². The second-order valence-corrected chi connectivity index (χ2v) is 5.77. The SMILES string of the molecule is COCCCNC(=O)C(=O)Nc1ccccc1C(=O)NCc1ccccc1. The molecule has 0 fully saturated rings. The lowest BCUT2D eigenvalue weighted by atomic mass is 10.1. The number of methoxy groups -OCH3 is 1. The van der Waals surface area contributed by atoms with Crippen molar-refractivity contribution in [3.05, 3.63) is 65.7 Å². The first-order valence-corrected chi connectivity index (χ1v) is 8.61. The molecule has 0 aliphatic heterocycles. The van der Waals surface area contributed by atoms with Crippen LogP contribution in [0.2, 0.25) is 0 Å². The van der Waals surface area contributed by atoms with Gasteiger partial charge in [0.05, 0.1) is 11.3 Å². The summed E-state index contributed by atoms with van der Waals surface area (Å²) in [7, 11) is 1.56. The third-order valence-corrected chi connectivity index (χ3v) is 3.73. The lowest BCUT2D eigenvalue weighted by molar-refractivity contribution is -0.136. The average Bonchev–Trinajstić information content (AvgIpc) is 2.70. The maximum Gasteiger partial charge on any atom is 0.313 e. The van der Waals surface area contributed by atoms with E-state index in [-0.39, 0.29) is 17.2 Å². The molecule has 0 saturated heterocycles. The van der Waals surface area contributed by atoms with Gasteiger partial charge in [0, 0.05) is 26.8 Å². The molecule has 0 aromatic heterocycles. The first-order chi connectivity index (χ1) is 13.1. The van der Waals surface area contributed by atoms with Crippen LogP contribution in [-0.2, 0) is 20.9 Å². The Morgan fingerprint density at radius 3 is 2.33 bits per heavy atom. The van der Waals surface area contributed by atoms with E-state index in [1.807, 2.05) is 30.3 Å². The zero-order valence-electron chi connectivity index (χ0n) is 15.2. The summed E-state index contributed by atoms with van der Waals surface area (Å²) in [5.74, 6) is -1.92. The Hall–Kier alpha value is -3.19. The van der Waals surface area contributed by atoms with Crippen LogP contribution in [0.25, 0.3) is 0 Å². The number of carbonyl (C=O) groups excluding carboxylic acids is 3. The van der Waals surface area contributed by atoms with Crippen LogP contribution in [0.1, 0.15) is 22.3 Å². The monoisotopic (exact) mass is 369 g/mol. The Bertz CT molecular complexity index is 778. The van der Waals surface area contributed by atoms with Crippen molar-refractivity contribution < 1.29 is 19.1 Å². The molecule has 0 aliphatic rings. The van der Waals surface area contributed by atoms with Gasteiger partial charge in [-0.05, 0) is 24.1 Å². The number of hydrogen-bond donors (Lipinski definition) is 3. The van der Waals surface area contributed by atoms with Gasteiger partial charge >= 0.3 is 11.8 Å². The van der Waals surface area contributed by atoms with Crippen molar-refractivity contribution in [3.63, 3.8) is 0 Å². The third kappa shape index (κ3) is 6.56. The second kappa shape index (κ2) is 10.7. The van der Waals surface area contributed by atoms with Crippen LogP contribution < -0.4 is 16.0 Å². The summed E-state index contributed by atoms with van der Waals surface area (Å²) >= 11 is 0. The highest BCUT2D eigenvalue weighted by molar-refractivity contribution is 6.40. The van der Waals surface area contributed by atoms with Crippen LogP contribution in [0.3, 0.4) is 0 Å². The lowest BCUT2D eigenvalue weighted by Crippen LogP contribution is -2.36. The zero-order chi connectivity index (χ0) is 19.5. The molecular weight excluding hydrogens is 346 g/mol. The number of amides is 3. The largest absolute Gasteiger partial charge is 0.385 e. The van der Waals surface area contributed by atoms with Gasteiger partial charge in [0.15, 0.2) is 0 Å². The maximum absolute atomic E-state index is 12.5. The molecule has 3 N–H and O–H groups in total. The average molecular weight is 369 g/mol. The minimum absolute atomic E-state index is 0.278. The van der Waals surface area contributed by atoms with Crippen LogP contribution in [0.4, 0.5) is 5.69 Å². The quantitative estimate of drug-likeness (QED) is 0.487. The van der Waals surface area contributed by atoms with E-state index < -0.39 is 11.8 Å². The number of hydrogen-bond acceptors (Lipinski definition) is 4. The zero-order valence-corrected chi connectivity index (χ0v) is 15.2. The van der Waals surface area contributed by atoms with Crippen molar-refractivity contribution in [2.45, 2.75) is 13.0 Å². The fourth-order valence-electron chi connectivity index (χ4n) is 2.34. The first kappa shape index (κ1) is 20.1. The lowest BCUT2D eigenvalue weighted by Gasteiger charge is -2.11. The predicted molar refractivity (Wildman–Crippen MR) is 102 cm³/mol. The highest BCUT2D eigenvalue weighted by Crippen LogP contribution is 2.15. The van der Waals surface area contributed by atoms with Gasteiger partial charge in [0.2, 0.25) is 0 Å². The van der Waals surface area contributed by atoms with Crippen LogP contribution >= 0.6 is 0 Å². The van der Waals surface area contributed by atoms with E-state index in [2.05, 4.69) is 16.0 Å². The molecule has 0 spiro atoms. The molecule has 0 radical (unpaired) electrons. The summed E-state index contributed by atoms with van der Waals surface area (Å²) in [4.78, 5) is 36.3. The molecule has 0 heterocycles. The third-order valence-electron chi connectivity index (χ3n) is 3.73. The van der Waals surface area contributed by atoms with Gasteiger partial charge in [-0.25, -0.2) is 0 Å². The second-order valence-electron chi connectivity index (χ2n) is 5.77. The Labute approximate surface area is 158 Å². The van der Waals surface area contributed by atoms with Crippen molar-refractivity contribution >= 4 is 23.4 Å². The standard InChI is InChI=1S/C20H23N3O4/c1-27-13-7-12-21-19(25)20(26)23-17-11-6-5-10-16(17)18(24)22-14-15-8-3-2-4-9-15/h2-6,8-11H,7,12-14H2,1H3,(H,21,25)(H,22,24)(H,23,26). The van der Waals surface area contributed by atoms with Gasteiger partial charge in [0.1, 0.15) is 0 Å². The molecule has 2 aromatic carbocycles. The molecule has 27 heavy (non-hydrogen) atoms. The van der Waals surface area contributed by atoms with Crippen molar-refractivity contribution in [2.24, 2.45) is 0 Å². The van der Waals surface area contributed by atoms with Crippen LogP contribution in [0.15, 0.2) is 54.6 Å². The van der Waals surface area contributed by atoms with Crippen molar-refractivity contribution in [3.8, 4) is 0 Å². The number of nitrogens with one attached hydrogen (secondary N) is 3. The Balaban J connectivity index is 1.95. The van der Waals surface area contributed by atoms with Gasteiger partial charge < -0.3 is 20.7 Å². The molecule has 2 aromatic rings. The number of anilines is 1. The topological polar surface area (TPSA) is 96.5 Å². The Kier molecular flexibility index (Phi) is 7.99. The minimum atomic E-state index is -0.823. The molecule has 7 nitrogen and oxygen atoms in total. The van der Waals surface area contributed by atoms with Gasteiger partial charge in [-0.3, -0.25) is 14.4 Å². The van der Waals surface area contributed by atoms with Crippen LogP contribution in [0.5, 0.6) is 0 Å². The van der Waals surface area contributed by atoms with E-state index in [9.17, 15) is 14.4 Å². The summed E-state index contributed by atoms with van der Waals surface area (Å²) in [6.07, 6.45) is 0.605. The molecule has 0 saturated carbocycles. The normalized spacial score (nSPS) is 10.1. The number of para-hydroxylation sites is 1. The highest BCUT2D eigenvalue weighted by Gasteiger charge is 2.17. The van der Waals surface area contributed by atoms with Gasteiger partial charge in [-0.2, -0.15) is 0 Å². The maximum atomic E-state index is 12.5. The van der Waals surface area contributed by atoms with E-state index in [0.29, 0.717) is 26.1 Å². The Morgan fingerprint density at radius 2 is 1.59 bits per heavy atom. The predicted octanol–water partition coefficient (Wildman–Crippen LogP) is 1.71. The van der Waals surface area contributed by atoms with Crippen molar-refractivity contribution in [1.82, 2.24) is 10.6 Å². The first-order valence-electron chi connectivity index (χ1n) is 8.61. The van der Waals surface area contributed by atoms with E-state index in [1.165, 1.54) is 0 Å². The smallest absolute Gasteiger partial charge is 0.313 e. The van der Waals surface area contributed by atoms with Gasteiger partial charge in [-0.15, -0.1) is 0 Å². The summed E-state index contributed by atoms with van der Waals surface area (Å²) in [6, 6.07) is 16.0. The summed E-state index contributed by atoms with van der Waals surface area (Å²) < 4.78 is 4.88. The highest BCUT2D eigenvalue weighted by atomic mass is 16.5. The minimum Gasteiger partial charge on any atom is -0.385 e. The number of ether oxygens (including phenoxy) is 1. The molecule has 3 amide bonds. The number of rotatable bonds is 8. The fraction of sp³-hybridized carbons (Fsp3) is 0.250.